The maximum Gasteiger partial charge on any atom is 0.491 e. The van der Waals surface area contributed by atoms with Crippen molar-refractivity contribution >= 4 is 24.2 Å². The van der Waals surface area contributed by atoms with Crippen LogP contribution in [0.5, 0.6) is 5.75 Å². The third-order valence-corrected chi connectivity index (χ3v) is 3.44. The predicted molar refractivity (Wildman–Crippen MR) is 72.2 cm³/mol. The number of aromatic hydroxyl groups is 1. The summed E-state index contributed by atoms with van der Waals surface area (Å²) in [5.41, 5.74) is -1.65. The lowest BCUT2D eigenvalue weighted by atomic mass is 9.76. The molecule has 0 radical (unpaired) electrons. The normalized spacial score (nSPS) is 12.6. The topological polar surface area (TPSA) is 69.9 Å². The number of hydrogen-bond acceptors (Lipinski definition) is 4. The molecular weight excluding hydrogens is 254 g/mol. The molecule has 0 aromatic heterocycles. The molecule has 0 fully saturated rings. The molecule has 1 rings (SSSR count). The number of halogens is 1. The molecule has 0 atom stereocenters. The number of benzene rings is 1. The molecular formula is C12H18BClO4. The fraction of sp³-hybridized carbons (Fsp3) is 0.500. The molecule has 18 heavy (non-hydrogen) atoms. The Balaban J connectivity index is 2.89. The summed E-state index contributed by atoms with van der Waals surface area (Å²) in [5.74, 6) is -0.0608. The van der Waals surface area contributed by atoms with E-state index in [0.717, 1.165) is 0 Å². The maximum atomic E-state index is 9.96. The molecule has 0 aliphatic rings. The Morgan fingerprint density at radius 3 is 2.22 bits per heavy atom. The number of phenols is 1. The minimum absolute atomic E-state index is 0.0608. The van der Waals surface area contributed by atoms with E-state index in [4.69, 9.17) is 16.3 Å². The van der Waals surface area contributed by atoms with Gasteiger partial charge in [-0.05, 0) is 45.3 Å². The van der Waals surface area contributed by atoms with Crippen LogP contribution in [0.3, 0.4) is 0 Å². The van der Waals surface area contributed by atoms with Crippen LogP contribution in [0, 0.1) is 0 Å². The zero-order valence-corrected chi connectivity index (χ0v) is 11.7. The van der Waals surface area contributed by atoms with Gasteiger partial charge in [-0.3, -0.25) is 0 Å². The van der Waals surface area contributed by atoms with Crippen molar-refractivity contribution < 1.29 is 19.9 Å². The van der Waals surface area contributed by atoms with E-state index in [2.05, 4.69) is 0 Å². The second-order valence-electron chi connectivity index (χ2n) is 5.25. The predicted octanol–water partition coefficient (Wildman–Crippen LogP) is 1.30. The number of phenolic OH excluding ortho intramolecular Hbond substituents is 1. The van der Waals surface area contributed by atoms with Crippen LogP contribution in [-0.2, 0) is 4.65 Å². The van der Waals surface area contributed by atoms with Gasteiger partial charge in [-0.15, -0.1) is 0 Å². The molecule has 0 heterocycles. The van der Waals surface area contributed by atoms with Gasteiger partial charge in [-0.1, -0.05) is 17.7 Å². The third kappa shape index (κ3) is 3.39. The van der Waals surface area contributed by atoms with Crippen LogP contribution >= 0.6 is 11.6 Å². The molecule has 0 aliphatic carbocycles. The highest BCUT2D eigenvalue weighted by molar-refractivity contribution is 6.60. The minimum atomic E-state index is -1.23. The zero-order valence-electron chi connectivity index (χ0n) is 10.9. The fourth-order valence-electron chi connectivity index (χ4n) is 1.17. The van der Waals surface area contributed by atoms with Crippen molar-refractivity contribution in [2.45, 2.75) is 38.9 Å². The van der Waals surface area contributed by atoms with Gasteiger partial charge in [0.2, 0.25) is 0 Å². The first-order valence-corrected chi connectivity index (χ1v) is 5.99. The molecule has 0 amide bonds. The van der Waals surface area contributed by atoms with Gasteiger partial charge in [0.05, 0.1) is 16.2 Å². The van der Waals surface area contributed by atoms with E-state index in [1.54, 1.807) is 27.7 Å². The van der Waals surface area contributed by atoms with E-state index in [9.17, 15) is 15.2 Å². The van der Waals surface area contributed by atoms with Crippen LogP contribution in [0.15, 0.2) is 18.2 Å². The Bertz CT molecular complexity index is 429. The molecule has 3 N–H and O–H groups in total. The van der Waals surface area contributed by atoms with Gasteiger partial charge in [0.25, 0.3) is 0 Å². The van der Waals surface area contributed by atoms with Gasteiger partial charge in [0.15, 0.2) is 0 Å². The monoisotopic (exact) mass is 272 g/mol. The second kappa shape index (κ2) is 5.09. The Hall–Kier alpha value is -0.745. The van der Waals surface area contributed by atoms with Gasteiger partial charge >= 0.3 is 7.12 Å². The molecule has 0 saturated carbocycles. The van der Waals surface area contributed by atoms with E-state index < -0.39 is 18.3 Å². The summed E-state index contributed by atoms with van der Waals surface area (Å²) in [5, 5.41) is 29.3. The van der Waals surface area contributed by atoms with E-state index in [1.165, 1.54) is 18.2 Å². The molecule has 6 heteroatoms. The highest BCUT2D eigenvalue weighted by atomic mass is 35.5. The number of rotatable bonds is 4. The Morgan fingerprint density at radius 2 is 1.78 bits per heavy atom. The smallest absolute Gasteiger partial charge is 0.491 e. The van der Waals surface area contributed by atoms with Gasteiger partial charge < -0.3 is 19.9 Å². The second-order valence-corrected chi connectivity index (χ2v) is 5.66. The first-order valence-electron chi connectivity index (χ1n) is 5.61. The van der Waals surface area contributed by atoms with Crippen LogP contribution in [0.2, 0.25) is 5.02 Å². The standard InChI is InChI=1S/C12H18BClO4/c1-11(2,16)12(3,4)18-13(17)8-5-6-10(15)9(14)7-8/h5-7,15-17H,1-4H3. The van der Waals surface area contributed by atoms with Crippen LogP contribution in [-0.4, -0.2) is 33.6 Å². The summed E-state index contributed by atoms with van der Waals surface area (Å²) >= 11 is 5.75. The minimum Gasteiger partial charge on any atom is -0.506 e. The molecule has 0 unspecified atom stereocenters. The molecule has 0 spiro atoms. The van der Waals surface area contributed by atoms with Crippen LogP contribution in [0.4, 0.5) is 0 Å². The fourth-order valence-corrected chi connectivity index (χ4v) is 1.36. The summed E-state index contributed by atoms with van der Waals surface area (Å²) in [6, 6.07) is 4.30. The lowest BCUT2D eigenvalue weighted by Crippen LogP contribution is -2.53. The molecule has 0 saturated heterocycles. The highest BCUT2D eigenvalue weighted by Gasteiger charge is 2.39. The maximum absolute atomic E-state index is 9.96. The molecule has 0 bridgehead atoms. The molecule has 1 aromatic rings. The number of aliphatic hydroxyl groups is 1. The lowest BCUT2D eigenvalue weighted by Gasteiger charge is -2.38. The van der Waals surface area contributed by atoms with Gasteiger partial charge in [-0.2, -0.15) is 0 Å². The summed E-state index contributed by atoms with van der Waals surface area (Å²) in [6.45, 7) is 6.56. The zero-order chi connectivity index (χ0) is 14.1. The van der Waals surface area contributed by atoms with Crippen molar-refractivity contribution in [2.24, 2.45) is 0 Å². The lowest BCUT2D eigenvalue weighted by molar-refractivity contribution is -0.0982. The van der Waals surface area contributed by atoms with Crippen LogP contribution in [0.25, 0.3) is 0 Å². The van der Waals surface area contributed by atoms with Crippen molar-refractivity contribution in [3.8, 4) is 5.75 Å². The van der Waals surface area contributed by atoms with Gasteiger partial charge in [-0.25, -0.2) is 0 Å². The first kappa shape index (κ1) is 15.3. The Morgan fingerprint density at radius 1 is 1.22 bits per heavy atom. The number of hydrogen-bond donors (Lipinski definition) is 3. The molecule has 1 aromatic carbocycles. The van der Waals surface area contributed by atoms with Gasteiger partial charge in [0, 0.05) is 0 Å². The van der Waals surface area contributed by atoms with E-state index in [1.807, 2.05) is 0 Å². The average molecular weight is 273 g/mol. The Kier molecular flexibility index (Phi) is 4.33. The summed E-state index contributed by atoms with van der Waals surface area (Å²) in [6.07, 6.45) is 0. The quantitative estimate of drug-likeness (QED) is 0.723. The van der Waals surface area contributed by atoms with Crippen molar-refractivity contribution in [2.75, 3.05) is 0 Å². The van der Waals surface area contributed by atoms with Crippen molar-refractivity contribution in [1.29, 1.82) is 0 Å². The summed E-state index contributed by atoms with van der Waals surface area (Å²) in [4.78, 5) is 0. The van der Waals surface area contributed by atoms with Gasteiger partial charge in [0.1, 0.15) is 5.75 Å². The highest BCUT2D eigenvalue weighted by Crippen LogP contribution is 2.26. The first-order chi connectivity index (χ1) is 8.04. The van der Waals surface area contributed by atoms with Crippen molar-refractivity contribution in [3.05, 3.63) is 23.2 Å². The summed E-state index contributed by atoms with van der Waals surface area (Å²) < 4.78 is 5.45. The van der Waals surface area contributed by atoms with E-state index in [-0.39, 0.29) is 10.8 Å². The largest absolute Gasteiger partial charge is 0.506 e. The molecule has 4 nitrogen and oxygen atoms in total. The van der Waals surface area contributed by atoms with Crippen molar-refractivity contribution in [1.82, 2.24) is 0 Å². The molecule has 100 valence electrons. The van der Waals surface area contributed by atoms with E-state index in [0.29, 0.717) is 5.46 Å². The average Bonchev–Trinajstić information content (AvgIpc) is 2.19. The molecule has 0 aliphatic heterocycles. The third-order valence-electron chi connectivity index (χ3n) is 3.14. The van der Waals surface area contributed by atoms with Crippen LogP contribution < -0.4 is 5.46 Å². The SMILES string of the molecule is CC(C)(O)C(C)(C)OB(O)c1ccc(O)c(Cl)c1. The van der Waals surface area contributed by atoms with E-state index >= 15 is 0 Å². The Labute approximate surface area is 112 Å². The van der Waals surface area contributed by atoms with Crippen LogP contribution in [0.1, 0.15) is 27.7 Å². The van der Waals surface area contributed by atoms with Crippen molar-refractivity contribution in [3.63, 3.8) is 0 Å². The summed E-state index contributed by atoms with van der Waals surface area (Å²) in [7, 11) is -1.23.